The van der Waals surface area contributed by atoms with E-state index in [0.29, 0.717) is 0 Å². The van der Waals surface area contributed by atoms with Crippen LogP contribution in [0.4, 0.5) is 0 Å². The molecule has 0 saturated heterocycles. The Labute approximate surface area is 106 Å². The van der Waals surface area contributed by atoms with Gasteiger partial charge in [0.1, 0.15) is 0 Å². The van der Waals surface area contributed by atoms with Gasteiger partial charge in [-0.2, -0.15) is 0 Å². The number of rotatable bonds is 3. The molecule has 0 aromatic heterocycles. The van der Waals surface area contributed by atoms with Crippen molar-refractivity contribution in [2.45, 2.75) is 58.3 Å². The van der Waals surface area contributed by atoms with Crippen LogP contribution in [0, 0.1) is 29.6 Å². The van der Waals surface area contributed by atoms with Crippen LogP contribution in [-0.2, 0) is 4.74 Å². The first kappa shape index (κ1) is 12.0. The van der Waals surface area contributed by atoms with Gasteiger partial charge in [-0.15, -0.1) is 0 Å². The molecule has 3 rings (SSSR count). The minimum absolute atomic E-state index is 0.902. The quantitative estimate of drug-likeness (QED) is 0.711. The summed E-state index contributed by atoms with van der Waals surface area (Å²) in [5.74, 6) is 5.22. The smallest absolute Gasteiger partial charge is 0.0496 e. The Morgan fingerprint density at radius 1 is 0.882 bits per heavy atom. The van der Waals surface area contributed by atoms with Crippen LogP contribution in [0.25, 0.3) is 0 Å². The summed E-state index contributed by atoms with van der Waals surface area (Å²) in [5.41, 5.74) is 0. The van der Waals surface area contributed by atoms with Crippen molar-refractivity contribution >= 4 is 0 Å². The summed E-state index contributed by atoms with van der Waals surface area (Å²) >= 11 is 0. The zero-order chi connectivity index (χ0) is 11.7. The highest BCUT2D eigenvalue weighted by Gasteiger charge is 2.47. The molecule has 3 saturated carbocycles. The summed E-state index contributed by atoms with van der Waals surface area (Å²) in [6.07, 6.45) is 12.1. The molecule has 5 atom stereocenters. The third-order valence-corrected chi connectivity index (χ3v) is 5.90. The maximum absolute atomic E-state index is 5.73. The summed E-state index contributed by atoms with van der Waals surface area (Å²) < 4.78 is 5.73. The second-order valence-corrected chi connectivity index (χ2v) is 6.62. The standard InChI is InChI=1S/C16H28O/c1-2-17-11-13-7-5-9-15-14-8-4-3-6-12(14)10-16(13)15/h12-16H,2-11H2,1H3. The van der Waals surface area contributed by atoms with E-state index in [1.807, 2.05) is 0 Å². The molecule has 3 aliphatic rings. The first-order valence-electron chi connectivity index (χ1n) is 7.98. The summed E-state index contributed by atoms with van der Waals surface area (Å²) in [6.45, 7) is 4.09. The molecule has 0 aromatic rings. The maximum Gasteiger partial charge on any atom is 0.0496 e. The number of ether oxygens (including phenoxy) is 1. The number of fused-ring (bicyclic) bond motifs is 3. The Morgan fingerprint density at radius 2 is 1.71 bits per heavy atom. The topological polar surface area (TPSA) is 9.23 Å². The highest BCUT2D eigenvalue weighted by molar-refractivity contribution is 4.97. The van der Waals surface area contributed by atoms with Crippen molar-refractivity contribution < 1.29 is 4.74 Å². The predicted molar refractivity (Wildman–Crippen MR) is 70.9 cm³/mol. The monoisotopic (exact) mass is 236 g/mol. The molecular weight excluding hydrogens is 208 g/mol. The van der Waals surface area contributed by atoms with Gasteiger partial charge in [-0.25, -0.2) is 0 Å². The predicted octanol–water partition coefficient (Wildman–Crippen LogP) is 4.27. The first-order valence-corrected chi connectivity index (χ1v) is 7.98. The van der Waals surface area contributed by atoms with E-state index in [2.05, 4.69) is 6.92 Å². The second kappa shape index (κ2) is 5.30. The summed E-state index contributed by atoms with van der Waals surface area (Å²) in [7, 11) is 0. The molecule has 0 spiro atoms. The molecule has 0 bridgehead atoms. The van der Waals surface area contributed by atoms with Gasteiger partial charge in [-0.3, -0.25) is 0 Å². The van der Waals surface area contributed by atoms with Crippen LogP contribution in [0.5, 0.6) is 0 Å². The largest absolute Gasteiger partial charge is 0.381 e. The highest BCUT2D eigenvalue weighted by Crippen LogP contribution is 2.55. The highest BCUT2D eigenvalue weighted by atomic mass is 16.5. The number of hydrogen-bond donors (Lipinski definition) is 0. The number of hydrogen-bond acceptors (Lipinski definition) is 1. The molecule has 1 heteroatoms. The minimum atomic E-state index is 0.902. The van der Waals surface area contributed by atoms with E-state index in [4.69, 9.17) is 4.74 Å². The van der Waals surface area contributed by atoms with E-state index in [0.717, 1.165) is 42.8 Å². The molecule has 0 aromatic carbocycles. The van der Waals surface area contributed by atoms with Crippen molar-refractivity contribution in [3.8, 4) is 0 Å². The van der Waals surface area contributed by atoms with Crippen molar-refractivity contribution in [1.82, 2.24) is 0 Å². The van der Waals surface area contributed by atoms with Crippen LogP contribution < -0.4 is 0 Å². The van der Waals surface area contributed by atoms with E-state index in [1.165, 1.54) is 32.1 Å². The van der Waals surface area contributed by atoms with E-state index in [9.17, 15) is 0 Å². The summed E-state index contributed by atoms with van der Waals surface area (Å²) in [4.78, 5) is 0. The molecule has 0 heterocycles. The van der Waals surface area contributed by atoms with E-state index in [-0.39, 0.29) is 0 Å². The lowest BCUT2D eigenvalue weighted by atomic mass is 9.70. The van der Waals surface area contributed by atoms with Gasteiger partial charge in [-0.1, -0.05) is 25.7 Å². The average Bonchev–Trinajstić information content (AvgIpc) is 2.75. The third kappa shape index (κ3) is 2.28. The van der Waals surface area contributed by atoms with Gasteiger partial charge in [0.15, 0.2) is 0 Å². The average molecular weight is 236 g/mol. The fourth-order valence-corrected chi connectivity index (χ4v) is 5.21. The van der Waals surface area contributed by atoms with Gasteiger partial charge < -0.3 is 4.74 Å². The Balaban J connectivity index is 1.67. The van der Waals surface area contributed by atoms with Gasteiger partial charge in [0.25, 0.3) is 0 Å². The van der Waals surface area contributed by atoms with Crippen molar-refractivity contribution in [3.63, 3.8) is 0 Å². The molecule has 98 valence electrons. The van der Waals surface area contributed by atoms with Crippen LogP contribution in [0.1, 0.15) is 58.3 Å². The van der Waals surface area contributed by atoms with Gasteiger partial charge >= 0.3 is 0 Å². The molecule has 1 nitrogen and oxygen atoms in total. The first-order chi connectivity index (χ1) is 8.40. The molecule has 0 aliphatic heterocycles. The van der Waals surface area contributed by atoms with Crippen molar-refractivity contribution in [1.29, 1.82) is 0 Å². The lowest BCUT2D eigenvalue weighted by Crippen LogP contribution is -2.30. The van der Waals surface area contributed by atoms with Crippen LogP contribution in [-0.4, -0.2) is 13.2 Å². The lowest BCUT2D eigenvalue weighted by molar-refractivity contribution is 0.0447. The minimum Gasteiger partial charge on any atom is -0.381 e. The molecule has 5 unspecified atom stereocenters. The SMILES string of the molecule is CCOCC1CCCC2C3CCCCC3CC12. The van der Waals surface area contributed by atoms with E-state index in [1.54, 1.807) is 19.3 Å². The van der Waals surface area contributed by atoms with Gasteiger partial charge in [0.05, 0.1) is 0 Å². The summed E-state index contributed by atoms with van der Waals surface area (Å²) in [6, 6.07) is 0. The molecule has 17 heavy (non-hydrogen) atoms. The Bertz CT molecular complexity index is 250. The normalized spacial score (nSPS) is 45.4. The van der Waals surface area contributed by atoms with Crippen molar-refractivity contribution in [3.05, 3.63) is 0 Å². The maximum atomic E-state index is 5.73. The molecule has 0 amide bonds. The van der Waals surface area contributed by atoms with Crippen LogP contribution in [0.3, 0.4) is 0 Å². The van der Waals surface area contributed by atoms with Gasteiger partial charge in [0.2, 0.25) is 0 Å². The van der Waals surface area contributed by atoms with Gasteiger partial charge in [0, 0.05) is 13.2 Å². The third-order valence-electron chi connectivity index (χ3n) is 5.90. The molecule has 0 radical (unpaired) electrons. The fourth-order valence-electron chi connectivity index (χ4n) is 5.21. The second-order valence-electron chi connectivity index (χ2n) is 6.62. The van der Waals surface area contributed by atoms with Crippen LogP contribution in [0.2, 0.25) is 0 Å². The molecule has 3 fully saturated rings. The van der Waals surface area contributed by atoms with Crippen LogP contribution in [0.15, 0.2) is 0 Å². The van der Waals surface area contributed by atoms with Gasteiger partial charge in [-0.05, 0) is 62.2 Å². The Kier molecular flexibility index (Phi) is 3.75. The zero-order valence-electron chi connectivity index (χ0n) is 11.4. The van der Waals surface area contributed by atoms with Crippen molar-refractivity contribution in [2.75, 3.05) is 13.2 Å². The molecule has 0 N–H and O–H groups in total. The van der Waals surface area contributed by atoms with E-state index >= 15 is 0 Å². The van der Waals surface area contributed by atoms with Crippen molar-refractivity contribution in [2.24, 2.45) is 29.6 Å². The molecule has 3 aliphatic carbocycles. The van der Waals surface area contributed by atoms with E-state index < -0.39 is 0 Å². The zero-order valence-corrected chi connectivity index (χ0v) is 11.4. The fraction of sp³-hybridized carbons (Fsp3) is 1.00. The summed E-state index contributed by atoms with van der Waals surface area (Å²) in [5, 5.41) is 0. The van der Waals surface area contributed by atoms with Crippen LogP contribution >= 0.6 is 0 Å². The molecular formula is C16H28O. The lowest BCUT2D eigenvalue weighted by Gasteiger charge is -2.36. The Hall–Kier alpha value is -0.0400. The Morgan fingerprint density at radius 3 is 2.59 bits per heavy atom.